The fourth-order valence-electron chi connectivity index (χ4n) is 1.43. The Hall–Kier alpha value is -0.260. The third-order valence-corrected chi connectivity index (χ3v) is 3.17. The fraction of sp³-hybridized carbons (Fsp3) is 0.800. The first-order chi connectivity index (χ1) is 4.96. The summed E-state index contributed by atoms with van der Waals surface area (Å²) in [7, 11) is 0. The number of hydrogen-bond donors (Lipinski definition) is 0. The molecule has 0 aromatic rings. The number of hydrogen-bond acceptors (Lipinski definition) is 0. The van der Waals surface area contributed by atoms with Gasteiger partial charge in [0.15, 0.2) is 0 Å². The van der Waals surface area contributed by atoms with Gasteiger partial charge in [-0.05, 0) is 31.1 Å². The van der Waals surface area contributed by atoms with Crippen molar-refractivity contribution in [3.05, 3.63) is 11.6 Å². The number of rotatable bonds is 0. The Morgan fingerprint density at radius 1 is 1.70 bits per heavy atom. The maximum atomic E-state index is 7.70. The Labute approximate surface area is 65.7 Å². The molecule has 0 saturated carbocycles. The van der Waals surface area contributed by atoms with E-state index in [1.165, 1.54) is 12.0 Å². The molecular formula is C10H18. The molecule has 1 rings (SSSR count). The predicted molar refractivity (Wildman–Crippen MR) is 45.9 cm³/mol. The first-order valence-corrected chi connectivity index (χ1v) is 4.13. The molecule has 0 N–H and O–H groups in total. The van der Waals surface area contributed by atoms with Gasteiger partial charge in [-0.3, -0.25) is 0 Å². The molecule has 0 bridgehead atoms. The van der Waals surface area contributed by atoms with E-state index in [2.05, 4.69) is 27.7 Å². The molecule has 10 heavy (non-hydrogen) atoms. The molecule has 1 atom stereocenters. The van der Waals surface area contributed by atoms with Crippen molar-refractivity contribution in [3.63, 3.8) is 0 Å². The third kappa shape index (κ3) is 1.12. The SMILES string of the molecule is [2H]C1=C(C)C(C)(C)C(C)CC1. The van der Waals surface area contributed by atoms with Crippen molar-refractivity contribution in [2.45, 2.75) is 40.5 Å². The Morgan fingerprint density at radius 2 is 2.30 bits per heavy atom. The van der Waals surface area contributed by atoms with Gasteiger partial charge in [-0.2, -0.15) is 0 Å². The quantitative estimate of drug-likeness (QED) is 0.451. The van der Waals surface area contributed by atoms with Crippen molar-refractivity contribution in [2.75, 3.05) is 0 Å². The van der Waals surface area contributed by atoms with E-state index >= 15 is 0 Å². The number of allylic oxidation sites excluding steroid dienone is 2. The maximum absolute atomic E-state index is 7.70. The molecule has 58 valence electrons. The normalized spacial score (nSPS) is 34.0. The molecule has 0 nitrogen and oxygen atoms in total. The van der Waals surface area contributed by atoms with Crippen molar-refractivity contribution in [1.82, 2.24) is 0 Å². The van der Waals surface area contributed by atoms with E-state index in [-0.39, 0.29) is 5.41 Å². The average Bonchev–Trinajstić information content (AvgIpc) is 1.95. The molecule has 0 aliphatic heterocycles. The van der Waals surface area contributed by atoms with Crippen molar-refractivity contribution >= 4 is 0 Å². The van der Waals surface area contributed by atoms with E-state index in [9.17, 15) is 0 Å². The van der Waals surface area contributed by atoms with Crippen LogP contribution in [0, 0.1) is 11.3 Å². The van der Waals surface area contributed by atoms with Crippen LogP contribution in [-0.4, -0.2) is 0 Å². The summed E-state index contributed by atoms with van der Waals surface area (Å²) in [4.78, 5) is 0. The largest absolute Gasteiger partial charge is 0.0850 e. The third-order valence-electron chi connectivity index (χ3n) is 3.17. The minimum absolute atomic E-state index is 0.259. The van der Waals surface area contributed by atoms with Crippen molar-refractivity contribution < 1.29 is 1.37 Å². The summed E-state index contributed by atoms with van der Waals surface area (Å²) in [5.74, 6) is 0.733. The zero-order chi connectivity index (χ0) is 8.65. The highest BCUT2D eigenvalue weighted by Gasteiger charge is 2.29. The van der Waals surface area contributed by atoms with E-state index in [1.54, 1.807) is 0 Å². The van der Waals surface area contributed by atoms with Crippen molar-refractivity contribution in [3.8, 4) is 0 Å². The average molecular weight is 139 g/mol. The zero-order valence-corrected chi connectivity index (χ0v) is 7.49. The molecule has 0 amide bonds. The lowest BCUT2D eigenvalue weighted by Crippen LogP contribution is -2.25. The predicted octanol–water partition coefficient (Wildman–Crippen LogP) is 3.39. The van der Waals surface area contributed by atoms with Crippen LogP contribution < -0.4 is 0 Å². The molecule has 0 spiro atoms. The summed E-state index contributed by atoms with van der Waals surface area (Å²) in [5, 5.41) is 0. The topological polar surface area (TPSA) is 0 Å². The Morgan fingerprint density at radius 3 is 2.80 bits per heavy atom. The molecular weight excluding hydrogens is 120 g/mol. The molecule has 0 aromatic heterocycles. The van der Waals surface area contributed by atoms with Gasteiger partial charge in [-0.1, -0.05) is 32.4 Å². The van der Waals surface area contributed by atoms with E-state index in [0.29, 0.717) is 0 Å². The van der Waals surface area contributed by atoms with Gasteiger partial charge in [-0.15, -0.1) is 0 Å². The van der Waals surface area contributed by atoms with Gasteiger partial charge >= 0.3 is 0 Å². The van der Waals surface area contributed by atoms with Crippen LogP contribution >= 0.6 is 0 Å². The lowest BCUT2D eigenvalue weighted by Gasteiger charge is -2.36. The summed E-state index contributed by atoms with van der Waals surface area (Å²) in [5.41, 5.74) is 1.55. The van der Waals surface area contributed by atoms with Gasteiger partial charge in [0.2, 0.25) is 0 Å². The first kappa shape index (κ1) is 6.45. The summed E-state index contributed by atoms with van der Waals surface area (Å²) in [6, 6.07) is 0.869. The van der Waals surface area contributed by atoms with Crippen LogP contribution in [0.3, 0.4) is 0 Å². The van der Waals surface area contributed by atoms with Crippen LogP contribution in [0.4, 0.5) is 0 Å². The van der Waals surface area contributed by atoms with E-state index in [1.807, 2.05) is 0 Å². The lowest BCUT2D eigenvalue weighted by atomic mass is 9.69. The lowest BCUT2D eigenvalue weighted by molar-refractivity contribution is 0.256. The minimum atomic E-state index is 0.259. The summed E-state index contributed by atoms with van der Waals surface area (Å²) in [6.07, 6.45) is 2.17. The molecule has 0 heterocycles. The second kappa shape index (κ2) is 2.41. The standard InChI is InChI=1S/C10H18/c1-8-6-5-7-9(2)10(8,3)4/h6,9H,5,7H2,1-4H3/i6D. The Balaban J connectivity index is 2.98. The van der Waals surface area contributed by atoms with Crippen LogP contribution in [0.25, 0.3) is 0 Å². The molecule has 1 aliphatic carbocycles. The Bertz CT molecular complexity index is 189. The molecule has 0 fully saturated rings. The van der Waals surface area contributed by atoms with E-state index in [0.717, 1.165) is 18.4 Å². The van der Waals surface area contributed by atoms with Crippen LogP contribution in [-0.2, 0) is 0 Å². The zero-order valence-electron chi connectivity index (χ0n) is 8.49. The van der Waals surface area contributed by atoms with E-state index in [4.69, 9.17) is 1.37 Å². The van der Waals surface area contributed by atoms with Gasteiger partial charge in [0.05, 0.1) is 1.37 Å². The van der Waals surface area contributed by atoms with Gasteiger partial charge in [0.25, 0.3) is 0 Å². The monoisotopic (exact) mass is 139 g/mol. The van der Waals surface area contributed by atoms with E-state index < -0.39 is 0 Å². The molecule has 1 unspecified atom stereocenters. The molecule has 0 heteroatoms. The van der Waals surface area contributed by atoms with Gasteiger partial charge in [0, 0.05) is 0 Å². The van der Waals surface area contributed by atoms with Gasteiger partial charge in [-0.25, -0.2) is 0 Å². The van der Waals surface area contributed by atoms with Gasteiger partial charge < -0.3 is 0 Å². The maximum Gasteiger partial charge on any atom is 0.0575 e. The smallest absolute Gasteiger partial charge is 0.0575 e. The van der Waals surface area contributed by atoms with Crippen LogP contribution in [0.1, 0.15) is 41.9 Å². The second-order valence-corrected chi connectivity index (χ2v) is 3.96. The molecule has 0 aromatic carbocycles. The van der Waals surface area contributed by atoms with Crippen molar-refractivity contribution in [1.29, 1.82) is 0 Å². The highest BCUT2D eigenvalue weighted by atomic mass is 14.3. The Kier molecular flexibility index (Phi) is 1.55. The molecule has 1 aliphatic rings. The highest BCUT2D eigenvalue weighted by Crippen LogP contribution is 2.40. The summed E-state index contributed by atoms with van der Waals surface area (Å²) < 4.78 is 7.70. The van der Waals surface area contributed by atoms with Crippen LogP contribution in [0.15, 0.2) is 11.6 Å². The van der Waals surface area contributed by atoms with Crippen LogP contribution in [0.5, 0.6) is 0 Å². The van der Waals surface area contributed by atoms with Crippen LogP contribution in [0.2, 0.25) is 0 Å². The minimum Gasteiger partial charge on any atom is -0.0850 e. The van der Waals surface area contributed by atoms with Gasteiger partial charge in [0.1, 0.15) is 0 Å². The summed E-state index contributed by atoms with van der Waals surface area (Å²) in [6.45, 7) is 8.90. The van der Waals surface area contributed by atoms with Crippen molar-refractivity contribution in [2.24, 2.45) is 11.3 Å². The fourth-order valence-corrected chi connectivity index (χ4v) is 1.43. The first-order valence-electron chi connectivity index (χ1n) is 4.63. The summed E-state index contributed by atoms with van der Waals surface area (Å²) >= 11 is 0. The molecule has 0 radical (unpaired) electrons. The molecule has 0 saturated heterocycles. The second-order valence-electron chi connectivity index (χ2n) is 3.96. The highest BCUT2D eigenvalue weighted by molar-refractivity contribution is 5.13.